The van der Waals surface area contributed by atoms with Crippen molar-refractivity contribution in [3.63, 3.8) is 0 Å². The van der Waals surface area contributed by atoms with Crippen LogP contribution in [0.4, 0.5) is 4.39 Å². The first kappa shape index (κ1) is 22.6. The van der Waals surface area contributed by atoms with Crippen molar-refractivity contribution in [1.82, 2.24) is 4.90 Å². The number of carbonyl (C=O) groups excluding carboxylic acids is 1. The third kappa shape index (κ3) is 5.96. The summed E-state index contributed by atoms with van der Waals surface area (Å²) in [5.41, 5.74) is 2.82. The summed E-state index contributed by atoms with van der Waals surface area (Å²) in [6.45, 7) is 0.547. The number of carbonyl (C=O) groups is 1. The van der Waals surface area contributed by atoms with Crippen LogP contribution in [0.25, 0.3) is 6.08 Å². The number of benzene rings is 3. The van der Waals surface area contributed by atoms with Gasteiger partial charge in [-0.25, -0.2) is 4.39 Å². The summed E-state index contributed by atoms with van der Waals surface area (Å²) in [7, 11) is 3.12. The van der Waals surface area contributed by atoms with E-state index in [4.69, 9.17) is 14.7 Å². The molecular weight excluding hydrogens is 407 g/mol. The Balaban J connectivity index is 1.85. The Kier molecular flexibility index (Phi) is 7.60. The van der Waals surface area contributed by atoms with Crippen LogP contribution >= 0.6 is 0 Å². The molecule has 0 atom stereocenters. The summed E-state index contributed by atoms with van der Waals surface area (Å²) in [4.78, 5) is 14.7. The molecule has 0 unspecified atom stereocenters. The molecule has 0 heterocycles. The largest absolute Gasteiger partial charge is 0.497 e. The summed E-state index contributed by atoms with van der Waals surface area (Å²) >= 11 is 0. The van der Waals surface area contributed by atoms with Crippen LogP contribution in [0.1, 0.15) is 22.3 Å². The molecule has 0 bridgehead atoms. The molecule has 0 aliphatic carbocycles. The molecule has 0 saturated heterocycles. The van der Waals surface area contributed by atoms with Gasteiger partial charge in [0, 0.05) is 30.8 Å². The Bertz CT molecular complexity index is 1150. The van der Waals surface area contributed by atoms with Crippen LogP contribution in [-0.2, 0) is 17.9 Å². The van der Waals surface area contributed by atoms with E-state index in [-0.39, 0.29) is 18.3 Å². The minimum absolute atomic E-state index is 0.237. The van der Waals surface area contributed by atoms with Gasteiger partial charge in [-0.05, 0) is 53.6 Å². The maximum atomic E-state index is 13.7. The van der Waals surface area contributed by atoms with Crippen LogP contribution in [0.3, 0.4) is 0 Å². The maximum absolute atomic E-state index is 13.7. The predicted octanol–water partition coefficient (Wildman–Crippen LogP) is 4.96. The van der Waals surface area contributed by atoms with Crippen molar-refractivity contribution in [2.24, 2.45) is 0 Å². The van der Waals surface area contributed by atoms with Gasteiger partial charge in [-0.2, -0.15) is 5.26 Å². The van der Waals surface area contributed by atoms with Crippen LogP contribution in [0, 0.1) is 17.1 Å². The fourth-order valence-electron chi connectivity index (χ4n) is 3.20. The Hall–Kier alpha value is -4.11. The lowest BCUT2D eigenvalue weighted by molar-refractivity contribution is -0.127. The second kappa shape index (κ2) is 10.8. The lowest BCUT2D eigenvalue weighted by Crippen LogP contribution is -2.28. The van der Waals surface area contributed by atoms with Gasteiger partial charge in [0.1, 0.15) is 17.3 Å². The summed E-state index contributed by atoms with van der Waals surface area (Å²) < 4.78 is 24.3. The third-order valence-corrected chi connectivity index (χ3v) is 4.88. The monoisotopic (exact) mass is 430 g/mol. The van der Waals surface area contributed by atoms with Crippen molar-refractivity contribution in [3.05, 3.63) is 101 Å². The molecule has 0 radical (unpaired) electrons. The highest BCUT2D eigenvalue weighted by atomic mass is 19.1. The number of hydrogen-bond acceptors (Lipinski definition) is 4. The van der Waals surface area contributed by atoms with Crippen molar-refractivity contribution in [2.45, 2.75) is 13.1 Å². The van der Waals surface area contributed by atoms with Crippen LogP contribution < -0.4 is 9.47 Å². The fourth-order valence-corrected chi connectivity index (χ4v) is 3.20. The maximum Gasteiger partial charge on any atom is 0.247 e. The van der Waals surface area contributed by atoms with Gasteiger partial charge in [0.2, 0.25) is 5.91 Å². The molecule has 32 heavy (non-hydrogen) atoms. The van der Waals surface area contributed by atoms with E-state index in [1.54, 1.807) is 79.8 Å². The number of nitriles is 1. The zero-order valence-electron chi connectivity index (χ0n) is 17.9. The number of methoxy groups -OCH3 is 2. The summed E-state index contributed by atoms with van der Waals surface area (Å²) in [6, 6.07) is 20.6. The second-order valence-electron chi connectivity index (χ2n) is 7.07. The molecule has 0 aromatic heterocycles. The highest BCUT2D eigenvalue weighted by Gasteiger charge is 2.14. The van der Waals surface area contributed by atoms with Crippen molar-refractivity contribution < 1.29 is 18.7 Å². The van der Waals surface area contributed by atoms with Crippen molar-refractivity contribution >= 4 is 12.0 Å². The molecule has 0 N–H and O–H groups in total. The molecule has 1 amide bonds. The van der Waals surface area contributed by atoms with E-state index in [0.717, 1.165) is 11.1 Å². The first-order valence-electron chi connectivity index (χ1n) is 9.95. The molecular formula is C26H23FN2O3. The lowest BCUT2D eigenvalue weighted by atomic mass is 10.1. The molecule has 0 aliphatic heterocycles. The molecule has 0 saturated carbocycles. The zero-order chi connectivity index (χ0) is 22.9. The average Bonchev–Trinajstić information content (AvgIpc) is 2.82. The van der Waals surface area contributed by atoms with E-state index in [2.05, 4.69) is 6.07 Å². The van der Waals surface area contributed by atoms with E-state index >= 15 is 0 Å². The third-order valence-electron chi connectivity index (χ3n) is 4.88. The molecule has 5 nitrogen and oxygen atoms in total. The molecule has 3 rings (SSSR count). The average molecular weight is 430 g/mol. The van der Waals surface area contributed by atoms with E-state index in [1.165, 1.54) is 18.2 Å². The topological polar surface area (TPSA) is 62.6 Å². The molecule has 6 heteroatoms. The SMILES string of the molecule is COc1ccc(/C=C\C(=O)N(Cc2ccc(C#N)cc2)Cc2cccc(F)c2)c(OC)c1. The number of nitrogens with zero attached hydrogens (tertiary/aromatic N) is 2. The molecule has 162 valence electrons. The lowest BCUT2D eigenvalue weighted by Gasteiger charge is -2.22. The Morgan fingerprint density at radius 2 is 1.75 bits per heavy atom. The van der Waals surface area contributed by atoms with Gasteiger partial charge in [0.25, 0.3) is 0 Å². The molecule has 0 fully saturated rings. The highest BCUT2D eigenvalue weighted by Crippen LogP contribution is 2.25. The van der Waals surface area contributed by atoms with Gasteiger partial charge in [-0.1, -0.05) is 24.3 Å². The summed E-state index contributed by atoms with van der Waals surface area (Å²) in [5.74, 6) is 0.638. The fraction of sp³-hybridized carbons (Fsp3) is 0.154. The minimum atomic E-state index is -0.355. The van der Waals surface area contributed by atoms with Gasteiger partial charge in [0.15, 0.2) is 0 Å². The van der Waals surface area contributed by atoms with Crippen molar-refractivity contribution in [1.29, 1.82) is 5.26 Å². The molecule has 0 spiro atoms. The quantitative estimate of drug-likeness (QED) is 0.474. The van der Waals surface area contributed by atoms with Gasteiger partial charge < -0.3 is 14.4 Å². The van der Waals surface area contributed by atoms with Crippen LogP contribution in [-0.4, -0.2) is 25.0 Å². The van der Waals surface area contributed by atoms with E-state index in [0.29, 0.717) is 29.2 Å². The van der Waals surface area contributed by atoms with Crippen LogP contribution in [0.5, 0.6) is 11.5 Å². The normalized spacial score (nSPS) is 10.6. The molecule has 3 aromatic carbocycles. The number of rotatable bonds is 8. The summed E-state index contributed by atoms with van der Waals surface area (Å²) in [5, 5.41) is 9.00. The van der Waals surface area contributed by atoms with Crippen LogP contribution in [0.15, 0.2) is 72.8 Å². The number of halogens is 1. The standard InChI is InChI=1S/C26H23FN2O3/c1-31-24-12-10-22(25(15-24)32-2)11-13-26(30)29(18-21-4-3-5-23(27)14-21)17-20-8-6-19(16-28)7-9-20/h3-15H,17-18H2,1-2H3/b13-11-. The van der Waals surface area contributed by atoms with Crippen molar-refractivity contribution in [2.75, 3.05) is 14.2 Å². The van der Waals surface area contributed by atoms with E-state index in [1.807, 2.05) is 0 Å². The van der Waals surface area contributed by atoms with Gasteiger partial charge in [-0.3, -0.25) is 4.79 Å². The van der Waals surface area contributed by atoms with E-state index < -0.39 is 0 Å². The predicted molar refractivity (Wildman–Crippen MR) is 120 cm³/mol. The van der Waals surface area contributed by atoms with Gasteiger partial charge >= 0.3 is 0 Å². The Labute approximate surface area is 186 Å². The Morgan fingerprint density at radius 1 is 1.00 bits per heavy atom. The first-order chi connectivity index (χ1) is 15.5. The van der Waals surface area contributed by atoms with Crippen molar-refractivity contribution in [3.8, 4) is 17.6 Å². The van der Waals surface area contributed by atoms with Crippen LogP contribution in [0.2, 0.25) is 0 Å². The smallest absolute Gasteiger partial charge is 0.247 e. The molecule has 3 aromatic rings. The minimum Gasteiger partial charge on any atom is -0.497 e. The number of amides is 1. The first-order valence-corrected chi connectivity index (χ1v) is 9.95. The molecule has 0 aliphatic rings. The second-order valence-corrected chi connectivity index (χ2v) is 7.07. The van der Waals surface area contributed by atoms with E-state index in [9.17, 15) is 9.18 Å². The highest BCUT2D eigenvalue weighted by molar-refractivity contribution is 5.92. The number of ether oxygens (including phenoxy) is 2. The Morgan fingerprint density at radius 3 is 2.41 bits per heavy atom. The zero-order valence-corrected chi connectivity index (χ0v) is 17.9. The van der Waals surface area contributed by atoms with Gasteiger partial charge in [0.05, 0.1) is 25.9 Å². The van der Waals surface area contributed by atoms with Gasteiger partial charge in [-0.15, -0.1) is 0 Å². The number of hydrogen-bond donors (Lipinski definition) is 0. The summed E-state index contributed by atoms with van der Waals surface area (Å²) in [6.07, 6.45) is 3.14.